The molecule has 1 amide bonds. The first-order valence-corrected chi connectivity index (χ1v) is 5.35. The average molecular weight is 240 g/mol. The molecule has 0 saturated heterocycles. The Morgan fingerprint density at radius 3 is 2.47 bits per heavy atom. The molecule has 3 N–H and O–H groups in total. The van der Waals surface area contributed by atoms with Gasteiger partial charge in [-0.3, -0.25) is 4.79 Å². The van der Waals surface area contributed by atoms with E-state index in [0.717, 1.165) is 0 Å². The van der Waals surface area contributed by atoms with Gasteiger partial charge in [-0.15, -0.1) is 0 Å². The number of nitrogens with two attached hydrogens (primary N) is 1. The fourth-order valence-electron chi connectivity index (χ4n) is 0.988. The molecule has 0 rings (SSSR count). The predicted octanol–water partition coefficient (Wildman–Crippen LogP) is 0.515. The van der Waals surface area contributed by atoms with Crippen LogP contribution in [0.5, 0.6) is 0 Å². The molecule has 0 aliphatic carbocycles. The molecule has 0 fully saturated rings. The molecule has 0 aromatic carbocycles. The van der Waals surface area contributed by atoms with Crippen LogP contribution in [0.3, 0.4) is 0 Å². The van der Waals surface area contributed by atoms with E-state index in [-0.39, 0.29) is 12.6 Å². The standard InChI is InChI=1S/C12H20N2O3/c1-8(2)12(16)17-7-10(14-4)6-5-9(3)11(13)15/h5,10,14H,1,6-7H2,2-4H3,(H2,13,15)/b9-5+. The van der Waals surface area contributed by atoms with Gasteiger partial charge in [-0.2, -0.15) is 0 Å². The number of carbonyl (C=O) groups is 2. The summed E-state index contributed by atoms with van der Waals surface area (Å²) in [6, 6.07) is -0.0485. The molecule has 0 heterocycles. The van der Waals surface area contributed by atoms with Crippen molar-refractivity contribution < 1.29 is 14.3 Å². The fourth-order valence-corrected chi connectivity index (χ4v) is 0.988. The predicted molar refractivity (Wildman–Crippen MR) is 66.2 cm³/mol. The summed E-state index contributed by atoms with van der Waals surface area (Å²) in [5.41, 5.74) is 5.96. The van der Waals surface area contributed by atoms with Crippen molar-refractivity contribution in [2.24, 2.45) is 5.73 Å². The number of carbonyl (C=O) groups excluding carboxylic acids is 2. The smallest absolute Gasteiger partial charge is 0.333 e. The molecule has 1 atom stereocenters. The summed E-state index contributed by atoms with van der Waals surface area (Å²) in [5.74, 6) is -0.861. The highest BCUT2D eigenvalue weighted by molar-refractivity contribution is 5.91. The third-order valence-corrected chi connectivity index (χ3v) is 2.27. The van der Waals surface area contributed by atoms with Crippen molar-refractivity contribution in [3.05, 3.63) is 23.8 Å². The second-order valence-electron chi connectivity index (χ2n) is 3.85. The van der Waals surface area contributed by atoms with Crippen molar-refractivity contribution >= 4 is 11.9 Å². The Morgan fingerprint density at radius 1 is 1.47 bits per heavy atom. The van der Waals surface area contributed by atoms with Gasteiger partial charge in [0.2, 0.25) is 5.91 Å². The lowest BCUT2D eigenvalue weighted by atomic mass is 10.1. The molecule has 0 aliphatic rings. The third-order valence-electron chi connectivity index (χ3n) is 2.27. The molecular formula is C12H20N2O3. The molecule has 1 unspecified atom stereocenters. The van der Waals surface area contributed by atoms with E-state index in [1.54, 1.807) is 27.0 Å². The number of hydrogen-bond acceptors (Lipinski definition) is 4. The van der Waals surface area contributed by atoms with Crippen LogP contribution in [-0.4, -0.2) is 31.6 Å². The number of esters is 1. The number of amides is 1. The van der Waals surface area contributed by atoms with E-state index in [0.29, 0.717) is 17.6 Å². The van der Waals surface area contributed by atoms with Crippen LogP contribution in [0.25, 0.3) is 0 Å². The Hall–Kier alpha value is -1.62. The van der Waals surface area contributed by atoms with Crippen molar-refractivity contribution in [2.45, 2.75) is 26.3 Å². The molecule has 17 heavy (non-hydrogen) atoms. The van der Waals surface area contributed by atoms with Gasteiger partial charge in [0.1, 0.15) is 6.61 Å². The summed E-state index contributed by atoms with van der Waals surface area (Å²) < 4.78 is 5.00. The second kappa shape index (κ2) is 7.62. The number of primary amides is 1. The van der Waals surface area contributed by atoms with Crippen molar-refractivity contribution in [2.75, 3.05) is 13.7 Å². The Labute approximate surface area is 102 Å². The second-order valence-corrected chi connectivity index (χ2v) is 3.85. The number of rotatable bonds is 7. The minimum atomic E-state index is -0.446. The highest BCUT2D eigenvalue weighted by atomic mass is 16.5. The van der Waals surface area contributed by atoms with Crippen molar-refractivity contribution in [3.63, 3.8) is 0 Å². The molecular weight excluding hydrogens is 220 g/mol. The summed E-state index contributed by atoms with van der Waals surface area (Å²) in [6.07, 6.45) is 2.28. The summed E-state index contributed by atoms with van der Waals surface area (Å²) in [7, 11) is 1.76. The van der Waals surface area contributed by atoms with Gasteiger partial charge in [-0.25, -0.2) is 4.79 Å². The number of ether oxygens (including phenoxy) is 1. The van der Waals surface area contributed by atoms with E-state index in [9.17, 15) is 9.59 Å². The molecule has 0 radical (unpaired) electrons. The first kappa shape index (κ1) is 15.4. The van der Waals surface area contributed by atoms with Crippen molar-refractivity contribution in [3.8, 4) is 0 Å². The van der Waals surface area contributed by atoms with E-state index in [1.807, 2.05) is 0 Å². The monoisotopic (exact) mass is 240 g/mol. The minimum absolute atomic E-state index is 0.0485. The molecule has 0 aromatic heterocycles. The summed E-state index contributed by atoms with van der Waals surface area (Å²) in [5, 5.41) is 2.99. The molecule has 0 saturated carbocycles. The van der Waals surface area contributed by atoms with Crippen LogP contribution in [0.1, 0.15) is 20.3 Å². The Balaban J connectivity index is 4.18. The van der Waals surface area contributed by atoms with Crippen LogP contribution < -0.4 is 11.1 Å². The van der Waals surface area contributed by atoms with Crippen LogP contribution in [0.4, 0.5) is 0 Å². The number of likely N-dealkylation sites (N-methyl/N-ethyl adjacent to an activating group) is 1. The first-order chi connectivity index (χ1) is 7.88. The van der Waals surface area contributed by atoms with Gasteiger partial charge in [0.05, 0.1) is 0 Å². The molecule has 96 valence electrons. The zero-order chi connectivity index (χ0) is 13.4. The lowest BCUT2D eigenvalue weighted by Gasteiger charge is -2.14. The maximum absolute atomic E-state index is 11.2. The van der Waals surface area contributed by atoms with Crippen molar-refractivity contribution in [1.29, 1.82) is 0 Å². The molecule has 0 aliphatic heterocycles. The lowest BCUT2D eigenvalue weighted by Crippen LogP contribution is -2.31. The molecule has 0 aromatic rings. The summed E-state index contributed by atoms with van der Waals surface area (Å²) in [4.78, 5) is 22.0. The van der Waals surface area contributed by atoms with Gasteiger partial charge >= 0.3 is 5.97 Å². The van der Waals surface area contributed by atoms with Gasteiger partial charge in [-0.1, -0.05) is 12.7 Å². The Morgan fingerprint density at radius 2 is 2.06 bits per heavy atom. The van der Waals surface area contributed by atoms with Crippen LogP contribution in [-0.2, 0) is 14.3 Å². The molecule has 5 heteroatoms. The average Bonchev–Trinajstić information content (AvgIpc) is 2.28. The Bertz CT molecular complexity index is 335. The van der Waals surface area contributed by atoms with Crippen LogP contribution in [0.2, 0.25) is 0 Å². The normalized spacial score (nSPS) is 13.0. The van der Waals surface area contributed by atoms with E-state index in [1.165, 1.54) is 0 Å². The van der Waals surface area contributed by atoms with Gasteiger partial charge < -0.3 is 15.8 Å². The topological polar surface area (TPSA) is 81.4 Å². The van der Waals surface area contributed by atoms with Crippen LogP contribution in [0.15, 0.2) is 23.8 Å². The zero-order valence-corrected chi connectivity index (χ0v) is 10.6. The van der Waals surface area contributed by atoms with E-state index >= 15 is 0 Å². The van der Waals surface area contributed by atoms with Crippen molar-refractivity contribution in [1.82, 2.24) is 5.32 Å². The van der Waals surface area contributed by atoms with E-state index < -0.39 is 11.9 Å². The minimum Gasteiger partial charge on any atom is -0.461 e. The SMILES string of the molecule is C=C(C)C(=O)OCC(C/C=C(\C)C(N)=O)NC. The number of nitrogens with one attached hydrogen (secondary N) is 1. The highest BCUT2D eigenvalue weighted by Gasteiger charge is 2.09. The quantitative estimate of drug-likeness (QED) is 0.502. The number of hydrogen-bond donors (Lipinski definition) is 2. The lowest BCUT2D eigenvalue weighted by molar-refractivity contribution is -0.139. The molecule has 0 bridgehead atoms. The Kier molecular flexibility index (Phi) is 6.89. The maximum atomic E-state index is 11.2. The third kappa shape index (κ3) is 6.52. The summed E-state index contributed by atoms with van der Waals surface area (Å²) in [6.45, 7) is 6.95. The van der Waals surface area contributed by atoms with E-state index in [2.05, 4.69) is 11.9 Å². The van der Waals surface area contributed by atoms with Gasteiger partial charge in [-0.05, 0) is 27.3 Å². The van der Waals surface area contributed by atoms with Gasteiger partial charge in [0, 0.05) is 17.2 Å². The van der Waals surface area contributed by atoms with Crippen LogP contribution in [0, 0.1) is 0 Å². The van der Waals surface area contributed by atoms with Gasteiger partial charge in [0.15, 0.2) is 0 Å². The highest BCUT2D eigenvalue weighted by Crippen LogP contribution is 2.01. The van der Waals surface area contributed by atoms with E-state index in [4.69, 9.17) is 10.5 Å². The van der Waals surface area contributed by atoms with Crippen LogP contribution >= 0.6 is 0 Å². The zero-order valence-electron chi connectivity index (χ0n) is 10.6. The summed E-state index contributed by atoms with van der Waals surface area (Å²) >= 11 is 0. The van der Waals surface area contributed by atoms with Gasteiger partial charge in [0.25, 0.3) is 0 Å². The fraction of sp³-hybridized carbons (Fsp3) is 0.500. The molecule has 5 nitrogen and oxygen atoms in total. The molecule has 0 spiro atoms. The first-order valence-electron chi connectivity index (χ1n) is 5.35. The largest absolute Gasteiger partial charge is 0.461 e. The maximum Gasteiger partial charge on any atom is 0.333 e.